The summed E-state index contributed by atoms with van der Waals surface area (Å²) in [6, 6.07) is -0.847. The average molecular weight is 354 g/mol. The van der Waals surface area contributed by atoms with E-state index in [1.807, 2.05) is 0 Å². The molecule has 0 saturated carbocycles. The summed E-state index contributed by atoms with van der Waals surface area (Å²) in [4.78, 5) is 56.5. The number of amides is 3. The zero-order valence-electron chi connectivity index (χ0n) is 15.4. The van der Waals surface area contributed by atoms with Crippen molar-refractivity contribution in [3.05, 3.63) is 0 Å². The van der Waals surface area contributed by atoms with Gasteiger partial charge in [-0.1, -0.05) is 0 Å². The molecule has 2 atom stereocenters. The van der Waals surface area contributed by atoms with Crippen molar-refractivity contribution in [1.82, 2.24) is 10.2 Å². The summed E-state index contributed by atoms with van der Waals surface area (Å²) in [6.07, 6.45) is 1.07. The molecule has 1 N–H and O–H groups in total. The van der Waals surface area contributed by atoms with Gasteiger partial charge in [-0.05, 0) is 47.5 Å². The fourth-order valence-corrected chi connectivity index (χ4v) is 2.53. The number of Topliss-reactive ketones (excluding diaryl/α,β-unsaturated/α-hetero) is 2. The second-order valence-electron chi connectivity index (χ2n) is 7.18. The Morgan fingerprint density at radius 2 is 1.64 bits per heavy atom. The van der Waals surface area contributed by atoms with Crippen LogP contribution in [0.5, 0.6) is 0 Å². The van der Waals surface area contributed by atoms with Crippen LogP contribution in [0.15, 0.2) is 0 Å². The molecular formula is C17H26N2O6. The molecule has 0 bridgehead atoms. The van der Waals surface area contributed by atoms with Crippen LogP contribution in [0.25, 0.3) is 0 Å². The van der Waals surface area contributed by atoms with Gasteiger partial charge in [0.2, 0.25) is 11.8 Å². The van der Waals surface area contributed by atoms with Crippen LogP contribution in [0, 0.1) is 0 Å². The van der Waals surface area contributed by atoms with E-state index in [0.29, 0.717) is 19.3 Å². The van der Waals surface area contributed by atoms with Gasteiger partial charge in [0.05, 0.1) is 6.04 Å². The van der Waals surface area contributed by atoms with Crippen LogP contribution in [0.4, 0.5) is 4.79 Å². The lowest BCUT2D eigenvalue weighted by Gasteiger charge is -2.26. The molecule has 3 amide bonds. The van der Waals surface area contributed by atoms with Crippen LogP contribution >= 0.6 is 0 Å². The van der Waals surface area contributed by atoms with Crippen molar-refractivity contribution in [3.8, 4) is 0 Å². The van der Waals surface area contributed by atoms with Crippen molar-refractivity contribution in [2.45, 2.75) is 78.0 Å². The summed E-state index contributed by atoms with van der Waals surface area (Å²) in [7, 11) is 0. The van der Waals surface area contributed by atoms with Gasteiger partial charge in [0, 0.05) is 12.8 Å². The Kier molecular flexibility index (Phi) is 6.84. The van der Waals surface area contributed by atoms with E-state index in [4.69, 9.17) is 4.74 Å². The molecule has 2 aliphatic rings. The fourth-order valence-electron chi connectivity index (χ4n) is 2.53. The van der Waals surface area contributed by atoms with Gasteiger partial charge in [-0.25, -0.2) is 9.69 Å². The van der Waals surface area contributed by atoms with Crippen LogP contribution in [0.1, 0.15) is 60.3 Å². The van der Waals surface area contributed by atoms with Crippen LogP contribution in [-0.2, 0) is 23.9 Å². The summed E-state index contributed by atoms with van der Waals surface area (Å²) in [6.45, 7) is 8.02. The minimum atomic E-state index is -0.727. The third-order valence-corrected chi connectivity index (χ3v) is 3.76. The quantitative estimate of drug-likeness (QED) is 0.802. The van der Waals surface area contributed by atoms with Crippen LogP contribution in [-0.4, -0.2) is 52.1 Å². The number of hydrogen-bond acceptors (Lipinski definition) is 6. The Hall–Kier alpha value is -2.25. The standard InChI is InChI=1S/C11H17NO4.C6H9NO2/c1-7(13)8-5-6-9(14)12(8)10(15)16-11(2,3)4;1-4(8)5-2-3-6(9)7-5/h8H,5-6H2,1-4H3;5H,2-3H2,1H3,(H,7,9)/t8-;5-/m00/s1. The maximum atomic E-state index is 11.7. The molecular weight excluding hydrogens is 328 g/mol. The fraction of sp³-hybridized carbons (Fsp3) is 0.706. The van der Waals surface area contributed by atoms with Gasteiger partial charge in [0.25, 0.3) is 0 Å². The molecule has 2 fully saturated rings. The highest BCUT2D eigenvalue weighted by molar-refractivity contribution is 6.00. The lowest BCUT2D eigenvalue weighted by atomic mass is 10.1. The lowest BCUT2D eigenvalue weighted by Crippen LogP contribution is -2.44. The molecule has 8 heteroatoms. The van der Waals surface area contributed by atoms with Gasteiger partial charge in [-0.15, -0.1) is 0 Å². The van der Waals surface area contributed by atoms with Crippen molar-refractivity contribution in [3.63, 3.8) is 0 Å². The third-order valence-electron chi connectivity index (χ3n) is 3.76. The summed E-state index contributed by atoms with van der Waals surface area (Å²) >= 11 is 0. The molecule has 2 aliphatic heterocycles. The number of carbonyl (C=O) groups excluding carboxylic acids is 5. The first kappa shape index (κ1) is 20.8. The molecule has 25 heavy (non-hydrogen) atoms. The first-order valence-electron chi connectivity index (χ1n) is 8.27. The molecule has 0 aliphatic carbocycles. The predicted octanol–water partition coefficient (Wildman–Crippen LogP) is 1.36. The third kappa shape index (κ3) is 6.28. The molecule has 0 aromatic heterocycles. The topological polar surface area (TPSA) is 110 Å². The Labute approximate surface area is 147 Å². The van der Waals surface area contributed by atoms with Gasteiger partial charge in [0.15, 0.2) is 11.6 Å². The summed E-state index contributed by atoms with van der Waals surface area (Å²) < 4.78 is 5.09. The maximum Gasteiger partial charge on any atom is 0.417 e. The molecule has 0 radical (unpaired) electrons. The van der Waals surface area contributed by atoms with Gasteiger partial charge in [0.1, 0.15) is 11.6 Å². The second-order valence-corrected chi connectivity index (χ2v) is 7.18. The van der Waals surface area contributed by atoms with Gasteiger partial charge >= 0.3 is 6.09 Å². The average Bonchev–Trinajstić information content (AvgIpc) is 3.03. The smallest absolute Gasteiger partial charge is 0.417 e. The summed E-state index contributed by atoms with van der Waals surface area (Å²) in [5.41, 5.74) is -0.665. The van der Waals surface area contributed by atoms with Crippen molar-refractivity contribution < 1.29 is 28.7 Å². The normalized spacial score (nSPS) is 22.8. The molecule has 0 spiro atoms. The van der Waals surface area contributed by atoms with Gasteiger partial charge < -0.3 is 10.1 Å². The zero-order chi connectivity index (χ0) is 19.4. The highest BCUT2D eigenvalue weighted by Gasteiger charge is 2.40. The van der Waals surface area contributed by atoms with Crippen LogP contribution in [0.2, 0.25) is 0 Å². The number of ketones is 2. The largest absolute Gasteiger partial charge is 0.443 e. The molecule has 0 aromatic rings. The number of imide groups is 1. The van der Waals surface area contributed by atoms with Crippen molar-refractivity contribution in [1.29, 1.82) is 0 Å². The number of ether oxygens (including phenoxy) is 1. The van der Waals surface area contributed by atoms with E-state index >= 15 is 0 Å². The highest BCUT2D eigenvalue weighted by Crippen LogP contribution is 2.22. The zero-order valence-corrected chi connectivity index (χ0v) is 15.4. The van der Waals surface area contributed by atoms with E-state index in [1.54, 1.807) is 20.8 Å². The molecule has 2 rings (SSSR count). The first-order valence-corrected chi connectivity index (χ1v) is 8.27. The van der Waals surface area contributed by atoms with Crippen LogP contribution in [0.3, 0.4) is 0 Å². The SMILES string of the molecule is CC(=O)[C@@H]1CCC(=O)N1.CC(=O)[C@@H]1CCC(=O)N1C(=O)OC(C)(C)C. The van der Waals surface area contributed by atoms with E-state index in [2.05, 4.69) is 5.32 Å². The lowest BCUT2D eigenvalue weighted by molar-refractivity contribution is -0.132. The first-order chi connectivity index (χ1) is 11.4. The number of carbonyl (C=O) groups is 5. The van der Waals surface area contributed by atoms with E-state index in [1.165, 1.54) is 13.8 Å². The number of hydrogen-bond donors (Lipinski definition) is 1. The molecule has 0 unspecified atom stereocenters. The van der Waals surface area contributed by atoms with E-state index in [9.17, 15) is 24.0 Å². The Morgan fingerprint density at radius 1 is 1.04 bits per heavy atom. The van der Waals surface area contributed by atoms with Crippen molar-refractivity contribution >= 4 is 29.5 Å². The molecule has 140 valence electrons. The number of nitrogens with zero attached hydrogens (tertiary/aromatic N) is 1. The number of likely N-dealkylation sites (tertiary alicyclic amines) is 1. The molecule has 0 aromatic carbocycles. The van der Waals surface area contributed by atoms with Crippen LogP contribution < -0.4 is 5.32 Å². The highest BCUT2D eigenvalue weighted by atomic mass is 16.6. The van der Waals surface area contributed by atoms with E-state index < -0.39 is 17.7 Å². The predicted molar refractivity (Wildman–Crippen MR) is 88.6 cm³/mol. The Balaban J connectivity index is 0.000000293. The van der Waals surface area contributed by atoms with Crippen molar-refractivity contribution in [2.24, 2.45) is 0 Å². The van der Waals surface area contributed by atoms with Gasteiger partial charge in [-0.2, -0.15) is 0 Å². The number of rotatable bonds is 2. The molecule has 2 saturated heterocycles. The van der Waals surface area contributed by atoms with Gasteiger partial charge in [-0.3, -0.25) is 19.2 Å². The second kappa shape index (κ2) is 8.22. The number of nitrogens with one attached hydrogen (secondary N) is 1. The summed E-state index contributed by atoms with van der Waals surface area (Å²) in [5.74, 6) is -0.470. The molecule has 2 heterocycles. The maximum absolute atomic E-state index is 11.7. The Bertz CT molecular complexity index is 578. The van der Waals surface area contributed by atoms with E-state index in [-0.39, 0.29) is 35.8 Å². The monoisotopic (exact) mass is 354 g/mol. The Morgan fingerprint density at radius 3 is 2.00 bits per heavy atom. The molecule has 8 nitrogen and oxygen atoms in total. The van der Waals surface area contributed by atoms with Crippen molar-refractivity contribution in [2.75, 3.05) is 0 Å². The summed E-state index contributed by atoms with van der Waals surface area (Å²) in [5, 5.41) is 2.56. The minimum absolute atomic E-state index is 0.00444. The minimum Gasteiger partial charge on any atom is -0.443 e. The van der Waals surface area contributed by atoms with E-state index in [0.717, 1.165) is 4.90 Å².